The topological polar surface area (TPSA) is 51.6 Å². The van der Waals surface area contributed by atoms with E-state index in [4.69, 9.17) is 19.9 Å². The molecule has 4 nitrogen and oxygen atoms in total. The predicted octanol–water partition coefficient (Wildman–Crippen LogP) is 14.1. The predicted molar refractivity (Wildman–Crippen MR) is 244 cm³/mol. The van der Waals surface area contributed by atoms with Crippen molar-refractivity contribution in [3.8, 4) is 56.3 Å². The van der Waals surface area contributed by atoms with Crippen molar-refractivity contribution in [2.24, 2.45) is 0 Å². The van der Waals surface area contributed by atoms with Crippen LogP contribution in [0.25, 0.3) is 67.1 Å². The lowest BCUT2D eigenvalue weighted by Gasteiger charge is -2.32. The lowest BCUT2D eigenvalue weighted by molar-refractivity contribution is 0.386. The molecule has 0 spiro atoms. The van der Waals surface area contributed by atoms with Gasteiger partial charge in [-0.05, 0) is 104 Å². The van der Waals surface area contributed by atoms with Gasteiger partial charge in [-0.3, -0.25) is 4.98 Å². The Bertz CT molecular complexity index is 2850. The summed E-state index contributed by atoms with van der Waals surface area (Å²) in [5.74, 6) is 3.13. The third kappa shape index (κ3) is 6.75. The zero-order valence-corrected chi connectivity index (χ0v) is 34.7. The Labute approximate surface area is 348 Å². The quantitative estimate of drug-likeness (QED) is 0.169. The number of hydrogen-bond donors (Lipinski definition) is 0. The lowest BCUT2D eigenvalue weighted by Crippen LogP contribution is -2.18. The summed E-state index contributed by atoms with van der Waals surface area (Å²) in [7, 11) is 0. The molecule has 0 N–H and O–H groups in total. The molecule has 10 rings (SSSR count). The van der Waals surface area contributed by atoms with E-state index in [1.54, 1.807) is 0 Å². The standard InChI is InChI=1S/C55H50N4/c1-54(2,3)53-58-51(41-21-14-19-38(32-41)37-18-13-20-39(31-37)44-23-12-11-22-43(44)35-15-7-6-8-16-35)57-52(59-53)42-27-30-49(56-34-42)40-25-28-46-48(33-40)55(4,5)47-29-26-36-17-9-10-24-45(36)50(46)47/h6-10,13-21,24-34,43-44H,11-12,22-23H2,1-5H3. The van der Waals surface area contributed by atoms with E-state index in [2.05, 4.69) is 180 Å². The van der Waals surface area contributed by atoms with Crippen LogP contribution >= 0.6 is 0 Å². The highest BCUT2D eigenvalue weighted by molar-refractivity contribution is 6.02. The first-order valence-electron chi connectivity index (χ1n) is 21.3. The van der Waals surface area contributed by atoms with Crippen molar-refractivity contribution in [1.82, 2.24) is 19.9 Å². The van der Waals surface area contributed by atoms with E-state index in [0.717, 1.165) is 33.8 Å². The van der Waals surface area contributed by atoms with Crippen LogP contribution in [-0.4, -0.2) is 19.9 Å². The van der Waals surface area contributed by atoms with Crippen LogP contribution < -0.4 is 0 Å². The van der Waals surface area contributed by atoms with Crippen molar-refractivity contribution < 1.29 is 0 Å². The molecule has 1 saturated carbocycles. The van der Waals surface area contributed by atoms with Crippen LogP contribution in [0, 0.1) is 0 Å². The molecule has 1 fully saturated rings. The summed E-state index contributed by atoms with van der Waals surface area (Å²) in [6, 6.07) is 53.3. The van der Waals surface area contributed by atoms with Gasteiger partial charge in [0, 0.05) is 33.7 Å². The summed E-state index contributed by atoms with van der Waals surface area (Å²) in [5, 5.41) is 2.59. The van der Waals surface area contributed by atoms with Gasteiger partial charge in [-0.25, -0.2) is 15.0 Å². The summed E-state index contributed by atoms with van der Waals surface area (Å²) in [6.45, 7) is 11.1. The second-order valence-electron chi connectivity index (χ2n) is 18.2. The number of aromatic nitrogens is 4. The molecule has 290 valence electrons. The van der Waals surface area contributed by atoms with Gasteiger partial charge in [0.05, 0.1) is 5.69 Å². The highest BCUT2D eigenvalue weighted by Crippen LogP contribution is 2.52. The van der Waals surface area contributed by atoms with Gasteiger partial charge in [-0.15, -0.1) is 0 Å². The fourth-order valence-electron chi connectivity index (χ4n) is 9.75. The number of nitrogens with zero attached hydrogens (tertiary/aromatic N) is 4. The largest absolute Gasteiger partial charge is 0.255 e. The van der Waals surface area contributed by atoms with Gasteiger partial charge in [-0.1, -0.05) is 169 Å². The Kier molecular flexibility index (Phi) is 9.12. The molecule has 0 amide bonds. The first kappa shape index (κ1) is 37.0. The van der Waals surface area contributed by atoms with E-state index >= 15 is 0 Å². The minimum Gasteiger partial charge on any atom is -0.255 e. The number of rotatable bonds is 6. The van der Waals surface area contributed by atoms with E-state index in [-0.39, 0.29) is 10.8 Å². The van der Waals surface area contributed by atoms with Gasteiger partial charge in [-0.2, -0.15) is 0 Å². The average Bonchev–Trinajstić information content (AvgIpc) is 3.51. The second kappa shape index (κ2) is 14.5. The summed E-state index contributed by atoms with van der Waals surface area (Å²) >= 11 is 0. The molecule has 2 aliphatic rings. The van der Waals surface area contributed by atoms with Crippen LogP contribution in [0.2, 0.25) is 0 Å². The monoisotopic (exact) mass is 766 g/mol. The van der Waals surface area contributed by atoms with Gasteiger partial charge in [0.1, 0.15) is 5.82 Å². The third-order valence-corrected chi connectivity index (χ3v) is 13.0. The first-order chi connectivity index (χ1) is 28.6. The third-order valence-electron chi connectivity index (χ3n) is 13.0. The minimum absolute atomic E-state index is 0.115. The Morgan fingerprint density at radius 1 is 0.525 bits per heavy atom. The molecule has 6 aromatic carbocycles. The molecular weight excluding hydrogens is 717 g/mol. The summed E-state index contributed by atoms with van der Waals surface area (Å²) in [4.78, 5) is 20.2. The zero-order chi connectivity index (χ0) is 40.3. The van der Waals surface area contributed by atoms with Gasteiger partial charge in [0.25, 0.3) is 0 Å². The summed E-state index contributed by atoms with van der Waals surface area (Å²) in [5.41, 5.74) is 14.1. The van der Waals surface area contributed by atoms with Gasteiger partial charge in [0.15, 0.2) is 11.6 Å². The van der Waals surface area contributed by atoms with E-state index in [1.165, 1.54) is 75.4 Å². The van der Waals surface area contributed by atoms with E-state index in [0.29, 0.717) is 23.5 Å². The average molecular weight is 767 g/mol. The van der Waals surface area contributed by atoms with Crippen LogP contribution in [0.15, 0.2) is 152 Å². The molecule has 0 radical (unpaired) electrons. The maximum atomic E-state index is 5.11. The number of fused-ring (bicyclic) bond motifs is 5. The van der Waals surface area contributed by atoms with Gasteiger partial charge < -0.3 is 0 Å². The Morgan fingerprint density at radius 3 is 1.95 bits per heavy atom. The molecule has 0 bridgehead atoms. The van der Waals surface area contributed by atoms with Crippen LogP contribution in [0.4, 0.5) is 0 Å². The normalized spacial score (nSPS) is 17.1. The molecule has 4 heteroatoms. The first-order valence-corrected chi connectivity index (χ1v) is 21.3. The molecule has 0 aliphatic heterocycles. The van der Waals surface area contributed by atoms with E-state index in [9.17, 15) is 0 Å². The van der Waals surface area contributed by atoms with Crippen LogP contribution in [0.5, 0.6) is 0 Å². The molecule has 59 heavy (non-hydrogen) atoms. The van der Waals surface area contributed by atoms with Crippen molar-refractivity contribution in [2.45, 2.75) is 83.0 Å². The smallest absolute Gasteiger partial charge is 0.165 e. The highest BCUT2D eigenvalue weighted by atomic mass is 15.0. The van der Waals surface area contributed by atoms with Crippen molar-refractivity contribution >= 4 is 10.8 Å². The van der Waals surface area contributed by atoms with Crippen molar-refractivity contribution in [2.75, 3.05) is 0 Å². The fourth-order valence-corrected chi connectivity index (χ4v) is 9.75. The minimum atomic E-state index is -0.277. The molecule has 2 aromatic heterocycles. The molecular formula is C55H50N4. The maximum Gasteiger partial charge on any atom is 0.165 e. The second-order valence-corrected chi connectivity index (χ2v) is 18.2. The Balaban J connectivity index is 0.965. The molecule has 2 heterocycles. The Morgan fingerprint density at radius 2 is 1.19 bits per heavy atom. The molecule has 2 aliphatic carbocycles. The number of pyridine rings is 1. The molecule has 8 aromatic rings. The molecule has 2 unspecified atom stereocenters. The van der Waals surface area contributed by atoms with Crippen LogP contribution in [0.1, 0.15) is 100 Å². The lowest BCUT2D eigenvalue weighted by atomic mass is 9.72. The zero-order valence-electron chi connectivity index (χ0n) is 34.7. The van der Waals surface area contributed by atoms with Crippen LogP contribution in [0.3, 0.4) is 0 Å². The summed E-state index contributed by atoms with van der Waals surface area (Å²) in [6.07, 6.45) is 6.95. The SMILES string of the molecule is CC(C)(C)c1nc(-c2ccc(-c3ccc4c(c3)C(C)(C)c3ccc5ccccc5c3-4)nc2)nc(-c2cccc(-c3cccc(C4CCCCC4c4ccccc4)c3)c2)n1. The number of hydrogen-bond acceptors (Lipinski definition) is 4. The van der Waals surface area contributed by atoms with E-state index in [1.807, 2.05) is 6.20 Å². The fraction of sp³-hybridized carbons (Fsp3) is 0.236. The van der Waals surface area contributed by atoms with E-state index < -0.39 is 0 Å². The maximum absolute atomic E-state index is 5.11. The molecule has 0 saturated heterocycles. The Hall–Kier alpha value is -6.26. The van der Waals surface area contributed by atoms with Crippen molar-refractivity contribution in [1.29, 1.82) is 0 Å². The van der Waals surface area contributed by atoms with Crippen molar-refractivity contribution in [3.63, 3.8) is 0 Å². The van der Waals surface area contributed by atoms with Crippen molar-refractivity contribution in [3.05, 3.63) is 180 Å². The summed E-state index contributed by atoms with van der Waals surface area (Å²) < 4.78 is 0. The highest BCUT2D eigenvalue weighted by Gasteiger charge is 2.36. The van der Waals surface area contributed by atoms with Gasteiger partial charge >= 0.3 is 0 Å². The molecule has 2 atom stereocenters. The van der Waals surface area contributed by atoms with Gasteiger partial charge in [0.2, 0.25) is 0 Å². The van der Waals surface area contributed by atoms with Crippen LogP contribution in [-0.2, 0) is 10.8 Å². The number of benzene rings is 6.